The number of nitrogens with zero attached hydrogens (tertiary/aromatic N) is 2. The van der Waals surface area contributed by atoms with Crippen LogP contribution in [0.3, 0.4) is 0 Å². The molecule has 0 saturated carbocycles. The van der Waals surface area contributed by atoms with Crippen molar-refractivity contribution in [1.82, 2.24) is 9.88 Å². The molecule has 0 spiro atoms. The molecule has 2 rings (SSSR count). The summed E-state index contributed by atoms with van der Waals surface area (Å²) in [6, 6.07) is 10.1. The highest BCUT2D eigenvalue weighted by Gasteiger charge is 2.17. The molecule has 1 aromatic heterocycles. The molecule has 6 heteroatoms. The van der Waals surface area contributed by atoms with E-state index in [1.165, 1.54) is 12.3 Å². The van der Waals surface area contributed by atoms with E-state index >= 15 is 0 Å². The number of para-hydroxylation sites is 1. The van der Waals surface area contributed by atoms with E-state index in [2.05, 4.69) is 10.3 Å². The summed E-state index contributed by atoms with van der Waals surface area (Å²) in [5.41, 5.74) is 1.16. The second-order valence-electron chi connectivity index (χ2n) is 5.66. The van der Waals surface area contributed by atoms with E-state index < -0.39 is 0 Å². The van der Waals surface area contributed by atoms with E-state index in [1.807, 2.05) is 13.8 Å². The first-order chi connectivity index (χ1) is 12.1. The number of pyridine rings is 1. The molecular weight excluding hydrogens is 338 g/mol. The summed E-state index contributed by atoms with van der Waals surface area (Å²) < 4.78 is 0. The van der Waals surface area contributed by atoms with Crippen molar-refractivity contribution in [3.05, 3.63) is 58.9 Å². The maximum Gasteiger partial charge on any atom is 0.272 e. The summed E-state index contributed by atoms with van der Waals surface area (Å²) in [7, 11) is 0. The van der Waals surface area contributed by atoms with Gasteiger partial charge in [-0.1, -0.05) is 37.6 Å². The largest absolute Gasteiger partial charge is 0.337 e. The summed E-state index contributed by atoms with van der Waals surface area (Å²) in [5.74, 6) is -0.488. The molecule has 0 saturated heterocycles. The Balaban J connectivity index is 2.18. The second-order valence-corrected chi connectivity index (χ2v) is 6.06. The molecule has 0 aliphatic heterocycles. The van der Waals surface area contributed by atoms with E-state index in [1.54, 1.807) is 35.2 Å². The fourth-order valence-electron chi connectivity index (χ4n) is 2.46. The Labute approximate surface area is 153 Å². The second kappa shape index (κ2) is 9.18. The number of carbonyl (C=O) groups is 2. The van der Waals surface area contributed by atoms with E-state index in [9.17, 15) is 9.59 Å². The predicted molar refractivity (Wildman–Crippen MR) is 100 cm³/mol. The van der Waals surface area contributed by atoms with Gasteiger partial charge in [0.2, 0.25) is 0 Å². The molecule has 1 N–H and O–H groups in total. The summed E-state index contributed by atoms with van der Waals surface area (Å²) in [4.78, 5) is 31.0. The number of hydrogen-bond donors (Lipinski definition) is 1. The number of aromatic nitrogens is 1. The van der Waals surface area contributed by atoms with Crippen LogP contribution >= 0.6 is 11.6 Å². The molecule has 0 radical (unpaired) electrons. The van der Waals surface area contributed by atoms with Crippen LogP contribution in [0, 0.1) is 0 Å². The third kappa shape index (κ3) is 5.03. The van der Waals surface area contributed by atoms with Crippen LogP contribution in [-0.4, -0.2) is 34.8 Å². The van der Waals surface area contributed by atoms with Crippen LogP contribution in [0.1, 0.15) is 47.5 Å². The average Bonchev–Trinajstić information content (AvgIpc) is 2.63. The van der Waals surface area contributed by atoms with Gasteiger partial charge in [-0.3, -0.25) is 14.6 Å². The number of carbonyl (C=O) groups excluding carboxylic acids is 2. The van der Waals surface area contributed by atoms with Crippen molar-refractivity contribution in [2.75, 3.05) is 18.4 Å². The molecule has 2 amide bonds. The first-order valence-electron chi connectivity index (χ1n) is 8.38. The highest BCUT2D eigenvalue weighted by atomic mass is 35.5. The Kier molecular flexibility index (Phi) is 6.95. The van der Waals surface area contributed by atoms with Gasteiger partial charge in [-0.2, -0.15) is 0 Å². The van der Waals surface area contributed by atoms with E-state index in [0.29, 0.717) is 29.4 Å². The molecule has 1 heterocycles. The van der Waals surface area contributed by atoms with Gasteiger partial charge in [0.25, 0.3) is 11.8 Å². The molecule has 132 valence electrons. The smallest absolute Gasteiger partial charge is 0.272 e. The fraction of sp³-hybridized carbons (Fsp3) is 0.316. The molecule has 0 atom stereocenters. The van der Waals surface area contributed by atoms with Gasteiger partial charge >= 0.3 is 0 Å². The third-order valence-corrected chi connectivity index (χ3v) is 3.97. The van der Waals surface area contributed by atoms with Crippen LogP contribution in [0.25, 0.3) is 0 Å². The standard InChI is InChI=1S/C19H22ClN3O2/c1-3-11-23(12-4-2)19(25)17-13-14(9-10-21-17)18(24)22-16-8-6-5-7-15(16)20/h5-10,13H,3-4,11-12H2,1-2H3,(H,22,24). The normalized spacial score (nSPS) is 10.4. The van der Waals surface area contributed by atoms with Crippen LogP contribution in [0.5, 0.6) is 0 Å². The van der Waals surface area contributed by atoms with Crippen molar-refractivity contribution in [1.29, 1.82) is 0 Å². The van der Waals surface area contributed by atoms with Gasteiger partial charge in [0.1, 0.15) is 5.69 Å². The van der Waals surface area contributed by atoms with Crippen LogP contribution in [0.15, 0.2) is 42.6 Å². The summed E-state index contributed by atoms with van der Waals surface area (Å²) >= 11 is 6.06. The predicted octanol–water partition coefficient (Wildman–Crippen LogP) is 4.25. The van der Waals surface area contributed by atoms with Gasteiger partial charge in [0, 0.05) is 24.8 Å². The van der Waals surface area contributed by atoms with E-state index in [0.717, 1.165) is 12.8 Å². The average molecular weight is 360 g/mol. The lowest BCUT2D eigenvalue weighted by molar-refractivity contribution is 0.0749. The number of benzene rings is 1. The lowest BCUT2D eigenvalue weighted by Gasteiger charge is -2.21. The Morgan fingerprint density at radius 1 is 1.12 bits per heavy atom. The Morgan fingerprint density at radius 3 is 2.44 bits per heavy atom. The summed E-state index contributed by atoms with van der Waals surface area (Å²) in [6.45, 7) is 5.39. The molecule has 0 aliphatic carbocycles. The number of halogens is 1. The zero-order valence-electron chi connectivity index (χ0n) is 14.5. The molecule has 1 aromatic carbocycles. The number of amides is 2. The Hall–Kier alpha value is -2.40. The van der Waals surface area contributed by atoms with Crippen LogP contribution in [-0.2, 0) is 0 Å². The molecule has 0 bridgehead atoms. The van der Waals surface area contributed by atoms with E-state index in [4.69, 9.17) is 11.6 Å². The number of nitrogens with one attached hydrogen (secondary N) is 1. The van der Waals surface area contributed by atoms with Crippen molar-refractivity contribution in [2.24, 2.45) is 0 Å². The van der Waals surface area contributed by atoms with Crippen LogP contribution < -0.4 is 5.32 Å². The highest BCUT2D eigenvalue weighted by Crippen LogP contribution is 2.21. The van der Waals surface area contributed by atoms with Crippen molar-refractivity contribution in [2.45, 2.75) is 26.7 Å². The molecule has 0 fully saturated rings. The Bertz CT molecular complexity index is 743. The van der Waals surface area contributed by atoms with Gasteiger partial charge in [-0.15, -0.1) is 0 Å². The zero-order chi connectivity index (χ0) is 18.2. The minimum Gasteiger partial charge on any atom is -0.337 e. The van der Waals surface area contributed by atoms with Gasteiger partial charge < -0.3 is 10.2 Å². The van der Waals surface area contributed by atoms with Crippen LogP contribution in [0.2, 0.25) is 5.02 Å². The number of anilines is 1. The molecule has 0 aliphatic rings. The maximum atomic E-state index is 12.6. The summed E-state index contributed by atoms with van der Waals surface area (Å²) in [6.07, 6.45) is 3.22. The minimum absolute atomic E-state index is 0.156. The third-order valence-electron chi connectivity index (χ3n) is 3.64. The fourth-order valence-corrected chi connectivity index (χ4v) is 2.65. The van der Waals surface area contributed by atoms with Crippen molar-refractivity contribution < 1.29 is 9.59 Å². The lowest BCUT2D eigenvalue weighted by atomic mass is 10.2. The van der Waals surface area contributed by atoms with Gasteiger partial charge in [0.15, 0.2) is 0 Å². The van der Waals surface area contributed by atoms with Gasteiger partial charge in [-0.25, -0.2) is 0 Å². The highest BCUT2D eigenvalue weighted by molar-refractivity contribution is 6.33. The van der Waals surface area contributed by atoms with E-state index in [-0.39, 0.29) is 17.5 Å². The first-order valence-corrected chi connectivity index (χ1v) is 8.75. The maximum absolute atomic E-state index is 12.6. The molecule has 2 aromatic rings. The van der Waals surface area contributed by atoms with Crippen molar-refractivity contribution in [3.63, 3.8) is 0 Å². The lowest BCUT2D eigenvalue weighted by Crippen LogP contribution is -2.33. The van der Waals surface area contributed by atoms with Crippen molar-refractivity contribution in [3.8, 4) is 0 Å². The SMILES string of the molecule is CCCN(CCC)C(=O)c1cc(C(=O)Nc2ccccc2Cl)ccn1. The van der Waals surface area contributed by atoms with Gasteiger partial charge in [0.05, 0.1) is 10.7 Å². The topological polar surface area (TPSA) is 62.3 Å². The molecule has 0 unspecified atom stereocenters. The number of hydrogen-bond acceptors (Lipinski definition) is 3. The monoisotopic (exact) mass is 359 g/mol. The molecule has 5 nitrogen and oxygen atoms in total. The number of rotatable bonds is 7. The first kappa shape index (κ1) is 18.9. The van der Waals surface area contributed by atoms with Crippen LogP contribution in [0.4, 0.5) is 5.69 Å². The minimum atomic E-state index is -0.331. The zero-order valence-corrected chi connectivity index (χ0v) is 15.2. The van der Waals surface area contributed by atoms with Crippen molar-refractivity contribution >= 4 is 29.1 Å². The molecular formula is C19H22ClN3O2. The Morgan fingerprint density at radius 2 is 1.80 bits per heavy atom. The summed E-state index contributed by atoms with van der Waals surface area (Å²) in [5, 5.41) is 3.21. The quantitative estimate of drug-likeness (QED) is 0.803. The molecule has 25 heavy (non-hydrogen) atoms. The van der Waals surface area contributed by atoms with Gasteiger partial charge in [-0.05, 0) is 37.1 Å².